The van der Waals surface area contributed by atoms with E-state index in [0.717, 1.165) is 6.42 Å². The molecule has 0 radical (unpaired) electrons. The quantitative estimate of drug-likeness (QED) is 0.466. The molecule has 26 heavy (non-hydrogen) atoms. The average molecular weight is 385 g/mol. The molecule has 146 valence electrons. The summed E-state index contributed by atoms with van der Waals surface area (Å²) in [5.74, 6) is 2.13. The second kappa shape index (κ2) is 9.00. The van der Waals surface area contributed by atoms with E-state index in [4.69, 9.17) is 0 Å². The van der Waals surface area contributed by atoms with E-state index < -0.39 is 5.60 Å². The van der Waals surface area contributed by atoms with E-state index in [2.05, 4.69) is 55.1 Å². The fourth-order valence-electron chi connectivity index (χ4n) is 2.10. The standard InChI is InChI=1S/C16H28N8O.ClH/c1-7-9(2)20-13-11-10(21-15(18-6)24-13)12(19-8-16(3,4)25)23-14(17-5)22-11;/h9,25H,7-8H2,1-6H3,(H2,17,19,22,23)(H2,18,20,21,24);1H/t9-;/m1./s1. The van der Waals surface area contributed by atoms with E-state index in [0.29, 0.717) is 41.1 Å². The molecule has 2 heterocycles. The van der Waals surface area contributed by atoms with Crippen molar-refractivity contribution in [3.05, 3.63) is 0 Å². The van der Waals surface area contributed by atoms with Gasteiger partial charge in [0, 0.05) is 26.7 Å². The predicted molar refractivity (Wildman–Crippen MR) is 110 cm³/mol. The maximum atomic E-state index is 10.0. The fourth-order valence-corrected chi connectivity index (χ4v) is 2.10. The molecule has 2 aromatic heterocycles. The summed E-state index contributed by atoms with van der Waals surface area (Å²) in [5, 5.41) is 22.5. The summed E-state index contributed by atoms with van der Waals surface area (Å²) in [6.45, 7) is 7.97. The number of hydrogen-bond acceptors (Lipinski definition) is 9. The van der Waals surface area contributed by atoms with Crippen LogP contribution < -0.4 is 21.3 Å². The van der Waals surface area contributed by atoms with Crippen LogP contribution in [0.1, 0.15) is 34.1 Å². The highest BCUT2D eigenvalue weighted by molar-refractivity contribution is 5.94. The van der Waals surface area contributed by atoms with Crippen molar-refractivity contribution in [1.82, 2.24) is 19.9 Å². The van der Waals surface area contributed by atoms with E-state index >= 15 is 0 Å². The molecule has 0 amide bonds. The first-order chi connectivity index (χ1) is 11.8. The molecule has 0 aliphatic rings. The van der Waals surface area contributed by atoms with Gasteiger partial charge in [-0.1, -0.05) is 6.92 Å². The zero-order chi connectivity index (χ0) is 18.6. The van der Waals surface area contributed by atoms with Crippen LogP contribution in [0, 0.1) is 0 Å². The van der Waals surface area contributed by atoms with Gasteiger partial charge >= 0.3 is 0 Å². The molecule has 0 aromatic carbocycles. The summed E-state index contributed by atoms with van der Waals surface area (Å²) >= 11 is 0. The van der Waals surface area contributed by atoms with Crippen LogP contribution in [0.4, 0.5) is 23.5 Å². The van der Waals surface area contributed by atoms with Gasteiger partial charge in [-0.25, -0.2) is 9.97 Å². The summed E-state index contributed by atoms with van der Waals surface area (Å²) in [5.41, 5.74) is 0.332. The molecule has 0 saturated heterocycles. The van der Waals surface area contributed by atoms with Crippen LogP contribution in [0.15, 0.2) is 0 Å². The van der Waals surface area contributed by atoms with Crippen molar-refractivity contribution in [3.8, 4) is 0 Å². The highest BCUT2D eigenvalue weighted by Crippen LogP contribution is 2.27. The summed E-state index contributed by atoms with van der Waals surface area (Å²) < 4.78 is 0. The zero-order valence-electron chi connectivity index (χ0n) is 16.1. The molecule has 9 nitrogen and oxygen atoms in total. The number of nitrogens with zero attached hydrogens (tertiary/aromatic N) is 4. The van der Waals surface area contributed by atoms with Gasteiger partial charge in [0.1, 0.15) is 11.0 Å². The highest BCUT2D eigenvalue weighted by atomic mass is 35.5. The number of halogens is 1. The number of aliphatic hydroxyl groups is 1. The SMILES string of the molecule is CC[C@@H](C)Nc1nc(NC)nc2c(NCC(C)(C)O)nc(NC)nc12.Cl. The second-order valence-corrected chi connectivity index (χ2v) is 6.61. The third-order valence-corrected chi connectivity index (χ3v) is 3.67. The topological polar surface area (TPSA) is 120 Å². The van der Waals surface area contributed by atoms with Crippen LogP contribution >= 0.6 is 12.4 Å². The van der Waals surface area contributed by atoms with Crippen molar-refractivity contribution in [1.29, 1.82) is 0 Å². The molecular formula is C16H29ClN8O. The number of hydrogen-bond donors (Lipinski definition) is 5. The Bertz CT molecular complexity index is 734. The molecule has 0 bridgehead atoms. The van der Waals surface area contributed by atoms with Gasteiger partial charge in [-0.3, -0.25) is 0 Å². The lowest BCUT2D eigenvalue weighted by molar-refractivity contribution is 0.0944. The number of aromatic nitrogens is 4. The number of rotatable bonds is 8. The van der Waals surface area contributed by atoms with Gasteiger partial charge in [0.15, 0.2) is 11.6 Å². The highest BCUT2D eigenvalue weighted by Gasteiger charge is 2.19. The molecule has 5 N–H and O–H groups in total. The molecule has 1 atom stereocenters. The van der Waals surface area contributed by atoms with E-state index in [1.807, 2.05) is 0 Å². The van der Waals surface area contributed by atoms with Crippen LogP contribution in [0.5, 0.6) is 0 Å². The molecule has 0 unspecified atom stereocenters. The van der Waals surface area contributed by atoms with Gasteiger partial charge in [0.2, 0.25) is 11.9 Å². The van der Waals surface area contributed by atoms with E-state index in [1.54, 1.807) is 27.9 Å². The smallest absolute Gasteiger partial charge is 0.225 e. The minimum Gasteiger partial charge on any atom is -0.389 e. The average Bonchev–Trinajstić information content (AvgIpc) is 2.58. The van der Waals surface area contributed by atoms with Crippen molar-refractivity contribution in [2.24, 2.45) is 0 Å². The van der Waals surface area contributed by atoms with Crippen molar-refractivity contribution in [2.75, 3.05) is 41.9 Å². The Balaban J connectivity index is 0.00000338. The van der Waals surface area contributed by atoms with Gasteiger partial charge in [0.25, 0.3) is 0 Å². The largest absolute Gasteiger partial charge is 0.389 e. The Morgan fingerprint density at radius 2 is 1.46 bits per heavy atom. The van der Waals surface area contributed by atoms with Gasteiger partial charge in [-0.2, -0.15) is 9.97 Å². The lowest BCUT2D eigenvalue weighted by Gasteiger charge is -2.20. The zero-order valence-corrected chi connectivity index (χ0v) is 17.0. The summed E-state index contributed by atoms with van der Waals surface area (Å²) in [6.07, 6.45) is 0.953. The van der Waals surface area contributed by atoms with E-state index in [1.165, 1.54) is 0 Å². The normalized spacial score (nSPS) is 12.3. The lowest BCUT2D eigenvalue weighted by atomic mass is 10.1. The van der Waals surface area contributed by atoms with Gasteiger partial charge < -0.3 is 26.4 Å². The Kier molecular flexibility index (Phi) is 7.58. The van der Waals surface area contributed by atoms with Gasteiger partial charge in [-0.15, -0.1) is 12.4 Å². The Morgan fingerprint density at radius 1 is 0.962 bits per heavy atom. The monoisotopic (exact) mass is 384 g/mol. The number of fused-ring (bicyclic) bond motifs is 1. The van der Waals surface area contributed by atoms with Crippen LogP contribution in [-0.4, -0.2) is 57.3 Å². The molecule has 0 fully saturated rings. The van der Waals surface area contributed by atoms with Crippen LogP contribution in [0.3, 0.4) is 0 Å². The third kappa shape index (κ3) is 5.43. The Hall–Kier alpha value is -2.13. The lowest BCUT2D eigenvalue weighted by Crippen LogP contribution is -2.30. The molecule has 0 aliphatic heterocycles. The first-order valence-electron chi connectivity index (χ1n) is 8.45. The predicted octanol–water partition coefficient (Wildman–Crippen LogP) is 2.32. The molecule has 2 rings (SSSR count). The number of anilines is 4. The summed E-state index contributed by atoms with van der Waals surface area (Å²) in [6, 6.07) is 0.239. The maximum Gasteiger partial charge on any atom is 0.225 e. The minimum absolute atomic E-state index is 0. The van der Waals surface area contributed by atoms with Crippen molar-refractivity contribution in [3.63, 3.8) is 0 Å². The first-order valence-corrected chi connectivity index (χ1v) is 8.45. The van der Waals surface area contributed by atoms with Crippen LogP contribution in [-0.2, 0) is 0 Å². The number of nitrogens with one attached hydrogen (secondary N) is 4. The Morgan fingerprint density at radius 3 is 1.92 bits per heavy atom. The molecule has 10 heteroatoms. The first kappa shape index (κ1) is 21.9. The molecule has 0 saturated carbocycles. The Labute approximate surface area is 160 Å². The molecule has 2 aromatic rings. The van der Waals surface area contributed by atoms with Crippen molar-refractivity contribution >= 4 is 47.0 Å². The van der Waals surface area contributed by atoms with Crippen molar-refractivity contribution in [2.45, 2.75) is 45.8 Å². The van der Waals surface area contributed by atoms with E-state index in [9.17, 15) is 5.11 Å². The molecular weight excluding hydrogens is 356 g/mol. The molecule has 0 aliphatic carbocycles. The van der Waals surface area contributed by atoms with Gasteiger partial charge in [0.05, 0.1) is 5.60 Å². The van der Waals surface area contributed by atoms with Gasteiger partial charge in [-0.05, 0) is 27.2 Å². The van der Waals surface area contributed by atoms with Crippen molar-refractivity contribution < 1.29 is 5.11 Å². The minimum atomic E-state index is -0.881. The summed E-state index contributed by atoms with van der Waals surface area (Å²) in [4.78, 5) is 18.0. The summed E-state index contributed by atoms with van der Waals surface area (Å²) in [7, 11) is 3.52. The second-order valence-electron chi connectivity index (χ2n) is 6.61. The third-order valence-electron chi connectivity index (χ3n) is 3.67. The van der Waals surface area contributed by atoms with Crippen LogP contribution in [0.25, 0.3) is 11.0 Å². The molecule has 0 spiro atoms. The maximum absolute atomic E-state index is 10.0. The van der Waals surface area contributed by atoms with Crippen LogP contribution in [0.2, 0.25) is 0 Å². The van der Waals surface area contributed by atoms with E-state index in [-0.39, 0.29) is 18.4 Å². The fraction of sp³-hybridized carbons (Fsp3) is 0.625.